The number of rotatable bonds is 2. The van der Waals surface area contributed by atoms with Gasteiger partial charge >= 0.3 is 0 Å². The van der Waals surface area contributed by atoms with Gasteiger partial charge in [0.1, 0.15) is 17.6 Å². The van der Waals surface area contributed by atoms with Crippen molar-refractivity contribution < 1.29 is 4.79 Å². The van der Waals surface area contributed by atoms with Crippen molar-refractivity contribution in [1.82, 2.24) is 14.9 Å². The van der Waals surface area contributed by atoms with Gasteiger partial charge in [0.25, 0.3) is 5.91 Å². The van der Waals surface area contributed by atoms with Crippen LogP contribution in [0.25, 0.3) is 0 Å². The van der Waals surface area contributed by atoms with Crippen LogP contribution in [-0.4, -0.2) is 47.0 Å². The number of aryl methyl sites for hydroxylation is 1. The number of nitrogens with zero attached hydrogens (tertiary/aromatic N) is 5. The molecule has 23 heavy (non-hydrogen) atoms. The average Bonchev–Trinajstić information content (AvgIpc) is 2.61. The number of aromatic nitrogens is 2. The number of hydrogen-bond acceptors (Lipinski definition) is 5. The summed E-state index contributed by atoms with van der Waals surface area (Å²) >= 11 is 0. The normalized spacial score (nSPS) is 14.4. The Labute approximate surface area is 135 Å². The molecule has 1 aliphatic heterocycles. The molecule has 2 aromatic heterocycles. The van der Waals surface area contributed by atoms with Gasteiger partial charge in [0.05, 0.1) is 5.56 Å². The summed E-state index contributed by atoms with van der Waals surface area (Å²) in [4.78, 5) is 24.9. The molecule has 0 radical (unpaired) electrons. The van der Waals surface area contributed by atoms with E-state index in [-0.39, 0.29) is 5.91 Å². The third-order valence-corrected chi connectivity index (χ3v) is 3.88. The zero-order chi connectivity index (χ0) is 16.2. The maximum atomic E-state index is 12.5. The van der Waals surface area contributed by atoms with Gasteiger partial charge in [-0.3, -0.25) is 4.79 Å². The summed E-state index contributed by atoms with van der Waals surface area (Å²) in [6, 6.07) is 11.1. The number of amides is 1. The quantitative estimate of drug-likeness (QED) is 0.843. The van der Waals surface area contributed by atoms with Crippen LogP contribution in [0.15, 0.2) is 36.5 Å². The Hall–Kier alpha value is -2.94. The van der Waals surface area contributed by atoms with Gasteiger partial charge in [-0.2, -0.15) is 5.26 Å². The summed E-state index contributed by atoms with van der Waals surface area (Å²) in [6.07, 6.45) is 1.68. The van der Waals surface area contributed by atoms with Crippen molar-refractivity contribution in [3.8, 4) is 6.07 Å². The predicted octanol–water partition coefficient (Wildman–Crippen LogP) is 1.62. The van der Waals surface area contributed by atoms with E-state index in [2.05, 4.69) is 16.0 Å². The lowest BCUT2D eigenvalue weighted by atomic mass is 10.2. The number of pyridine rings is 2. The fourth-order valence-corrected chi connectivity index (χ4v) is 2.68. The van der Waals surface area contributed by atoms with E-state index in [4.69, 9.17) is 0 Å². The first-order valence-corrected chi connectivity index (χ1v) is 7.52. The van der Waals surface area contributed by atoms with Gasteiger partial charge in [-0.05, 0) is 31.2 Å². The molecule has 0 saturated carbocycles. The van der Waals surface area contributed by atoms with E-state index in [0.717, 1.165) is 5.69 Å². The molecule has 2 aromatic rings. The van der Waals surface area contributed by atoms with E-state index in [0.29, 0.717) is 43.3 Å². The molecule has 0 aromatic carbocycles. The first-order chi connectivity index (χ1) is 11.2. The fraction of sp³-hybridized carbons (Fsp3) is 0.294. The van der Waals surface area contributed by atoms with Crippen LogP contribution in [0.5, 0.6) is 0 Å². The van der Waals surface area contributed by atoms with Crippen LogP contribution in [0.3, 0.4) is 0 Å². The van der Waals surface area contributed by atoms with E-state index in [1.165, 1.54) is 0 Å². The van der Waals surface area contributed by atoms with Gasteiger partial charge in [0.2, 0.25) is 0 Å². The number of anilines is 1. The summed E-state index contributed by atoms with van der Waals surface area (Å²) in [6.45, 7) is 4.37. The highest BCUT2D eigenvalue weighted by Crippen LogP contribution is 2.18. The molecule has 3 heterocycles. The van der Waals surface area contributed by atoms with Gasteiger partial charge in [0, 0.05) is 38.1 Å². The van der Waals surface area contributed by atoms with Crippen molar-refractivity contribution in [1.29, 1.82) is 5.26 Å². The second-order valence-corrected chi connectivity index (χ2v) is 5.43. The molecule has 3 rings (SSSR count). The zero-order valence-electron chi connectivity index (χ0n) is 12.9. The highest BCUT2D eigenvalue weighted by molar-refractivity contribution is 5.92. The number of carbonyl (C=O) groups is 1. The van der Waals surface area contributed by atoms with Crippen LogP contribution in [0, 0.1) is 18.3 Å². The summed E-state index contributed by atoms with van der Waals surface area (Å²) in [5.41, 5.74) is 1.88. The smallest absolute Gasteiger partial charge is 0.272 e. The maximum Gasteiger partial charge on any atom is 0.272 e. The lowest BCUT2D eigenvalue weighted by molar-refractivity contribution is 0.0740. The average molecular weight is 307 g/mol. The molecule has 116 valence electrons. The number of nitriles is 1. The van der Waals surface area contributed by atoms with Crippen LogP contribution >= 0.6 is 0 Å². The largest absolute Gasteiger partial charge is 0.352 e. The topological polar surface area (TPSA) is 73.1 Å². The summed E-state index contributed by atoms with van der Waals surface area (Å²) < 4.78 is 0. The Kier molecular flexibility index (Phi) is 4.20. The highest BCUT2D eigenvalue weighted by atomic mass is 16.2. The maximum absolute atomic E-state index is 12.5. The third-order valence-electron chi connectivity index (χ3n) is 3.88. The molecule has 0 bridgehead atoms. The first kappa shape index (κ1) is 15.0. The molecule has 0 spiro atoms. The van der Waals surface area contributed by atoms with Crippen molar-refractivity contribution in [2.24, 2.45) is 0 Å². The molecule has 0 atom stereocenters. The molecule has 0 unspecified atom stereocenters. The van der Waals surface area contributed by atoms with Crippen LogP contribution in [-0.2, 0) is 0 Å². The molecule has 0 N–H and O–H groups in total. The van der Waals surface area contributed by atoms with Crippen molar-refractivity contribution in [3.63, 3.8) is 0 Å². The number of carbonyl (C=O) groups excluding carboxylic acids is 1. The Bertz CT molecular complexity index is 760. The zero-order valence-corrected chi connectivity index (χ0v) is 12.9. The minimum absolute atomic E-state index is 0.0464. The van der Waals surface area contributed by atoms with Crippen molar-refractivity contribution in [2.75, 3.05) is 31.1 Å². The van der Waals surface area contributed by atoms with Crippen molar-refractivity contribution >= 4 is 11.7 Å². The van der Waals surface area contributed by atoms with Gasteiger partial charge in [-0.25, -0.2) is 9.97 Å². The van der Waals surface area contributed by atoms with Crippen LogP contribution < -0.4 is 4.90 Å². The Morgan fingerprint density at radius 2 is 1.96 bits per heavy atom. The predicted molar refractivity (Wildman–Crippen MR) is 86.0 cm³/mol. The molecular formula is C17H17N5O. The fourth-order valence-electron chi connectivity index (χ4n) is 2.68. The minimum atomic E-state index is -0.0464. The van der Waals surface area contributed by atoms with E-state index in [1.54, 1.807) is 29.3 Å². The van der Waals surface area contributed by atoms with Crippen molar-refractivity contribution in [3.05, 3.63) is 53.5 Å². The number of piperazine rings is 1. The summed E-state index contributed by atoms with van der Waals surface area (Å²) in [7, 11) is 0. The SMILES string of the molecule is Cc1cccc(C(=O)N2CCN(c3ncccc3C#N)CC2)n1. The monoisotopic (exact) mass is 307 g/mol. The minimum Gasteiger partial charge on any atom is -0.352 e. The Morgan fingerprint density at radius 1 is 1.17 bits per heavy atom. The van der Waals surface area contributed by atoms with Gasteiger partial charge < -0.3 is 9.80 Å². The second-order valence-electron chi connectivity index (χ2n) is 5.43. The van der Waals surface area contributed by atoms with Gasteiger partial charge in [-0.1, -0.05) is 6.07 Å². The van der Waals surface area contributed by atoms with E-state index < -0.39 is 0 Å². The first-order valence-electron chi connectivity index (χ1n) is 7.52. The third kappa shape index (κ3) is 3.14. The number of hydrogen-bond donors (Lipinski definition) is 0. The molecule has 1 amide bonds. The van der Waals surface area contributed by atoms with Crippen LogP contribution in [0.4, 0.5) is 5.82 Å². The van der Waals surface area contributed by atoms with Gasteiger partial charge in [-0.15, -0.1) is 0 Å². The van der Waals surface area contributed by atoms with Crippen molar-refractivity contribution in [2.45, 2.75) is 6.92 Å². The Morgan fingerprint density at radius 3 is 2.65 bits per heavy atom. The Balaban J connectivity index is 1.69. The molecule has 6 heteroatoms. The second kappa shape index (κ2) is 6.44. The lowest BCUT2D eigenvalue weighted by Crippen LogP contribution is -2.49. The van der Waals surface area contributed by atoms with E-state index >= 15 is 0 Å². The highest BCUT2D eigenvalue weighted by Gasteiger charge is 2.24. The summed E-state index contributed by atoms with van der Waals surface area (Å²) in [5.74, 6) is 0.644. The van der Waals surface area contributed by atoms with Crippen LogP contribution in [0.1, 0.15) is 21.7 Å². The molecule has 1 saturated heterocycles. The molecule has 1 aliphatic rings. The van der Waals surface area contributed by atoms with E-state index in [9.17, 15) is 10.1 Å². The van der Waals surface area contributed by atoms with Gasteiger partial charge in [0.15, 0.2) is 0 Å². The van der Waals surface area contributed by atoms with E-state index in [1.807, 2.05) is 24.0 Å². The van der Waals surface area contributed by atoms with Crippen LogP contribution in [0.2, 0.25) is 0 Å². The molecular weight excluding hydrogens is 290 g/mol. The molecule has 1 fully saturated rings. The lowest BCUT2D eigenvalue weighted by Gasteiger charge is -2.35. The molecule has 0 aliphatic carbocycles. The standard InChI is InChI=1S/C17H17N5O/c1-13-4-2-6-15(20-13)17(23)22-10-8-21(9-11-22)16-14(12-18)5-3-7-19-16/h2-7H,8-11H2,1H3. The molecule has 6 nitrogen and oxygen atoms in total. The summed E-state index contributed by atoms with van der Waals surface area (Å²) in [5, 5.41) is 9.17.